The number of carbonyl (C=O) groups is 1. The maximum atomic E-state index is 12.5. The van der Waals surface area contributed by atoms with Gasteiger partial charge in [-0.05, 0) is 25.0 Å². The van der Waals surface area contributed by atoms with E-state index in [1.807, 2.05) is 29.2 Å². The molecule has 0 bridgehead atoms. The third-order valence-electron chi connectivity index (χ3n) is 4.34. The second kappa shape index (κ2) is 8.11. The molecule has 1 aliphatic heterocycles. The van der Waals surface area contributed by atoms with Gasteiger partial charge >= 0.3 is 6.03 Å². The summed E-state index contributed by atoms with van der Waals surface area (Å²) < 4.78 is 1.76. The van der Waals surface area contributed by atoms with Gasteiger partial charge in [0, 0.05) is 37.4 Å². The molecule has 0 spiro atoms. The van der Waals surface area contributed by atoms with E-state index in [9.17, 15) is 4.79 Å². The molecule has 134 valence electrons. The van der Waals surface area contributed by atoms with Crippen LogP contribution in [0.4, 0.5) is 10.6 Å². The normalized spacial score (nSPS) is 15.6. The Morgan fingerprint density at radius 3 is 2.72 bits per heavy atom. The number of nitrogens with one attached hydrogen (secondary N) is 2. The third-order valence-corrected chi connectivity index (χ3v) is 4.34. The number of amides is 2. The van der Waals surface area contributed by atoms with Crippen molar-refractivity contribution in [2.75, 3.05) is 18.4 Å². The molecular weight excluding hydrogens is 316 g/mol. The summed E-state index contributed by atoms with van der Waals surface area (Å²) >= 11 is 0. The number of urea groups is 1. The summed E-state index contributed by atoms with van der Waals surface area (Å²) in [4.78, 5) is 18.7. The molecule has 25 heavy (non-hydrogen) atoms. The number of rotatable bonds is 5. The smallest absolute Gasteiger partial charge is 0.323 e. The number of hydrogen-bond acceptors (Lipinski definition) is 4. The highest BCUT2D eigenvalue weighted by Gasteiger charge is 2.23. The number of likely N-dealkylation sites (tertiary alicyclic amines) is 1. The second-order valence-corrected chi connectivity index (χ2v) is 6.71. The minimum absolute atomic E-state index is 0.0641. The van der Waals surface area contributed by atoms with Crippen LogP contribution in [0.2, 0.25) is 0 Å². The van der Waals surface area contributed by atoms with E-state index in [1.54, 1.807) is 17.1 Å². The van der Waals surface area contributed by atoms with Crippen molar-refractivity contribution in [2.45, 2.75) is 45.3 Å². The molecule has 3 heterocycles. The summed E-state index contributed by atoms with van der Waals surface area (Å²) in [5.74, 6) is 0.693. The Bertz CT molecular complexity index is 676. The molecule has 7 nitrogen and oxygen atoms in total. The van der Waals surface area contributed by atoms with Crippen LogP contribution in [-0.2, 0) is 6.54 Å². The SMILES string of the molecule is CC(C)NC1CCN(C(=O)Nc2ccnn2Cc2ccccn2)CC1. The topological polar surface area (TPSA) is 75.1 Å². The lowest BCUT2D eigenvalue weighted by Crippen LogP contribution is -2.47. The molecule has 2 N–H and O–H groups in total. The lowest BCUT2D eigenvalue weighted by Gasteiger charge is -2.33. The zero-order chi connectivity index (χ0) is 17.6. The molecule has 0 aromatic carbocycles. The molecule has 1 aliphatic rings. The van der Waals surface area contributed by atoms with Crippen LogP contribution in [0.5, 0.6) is 0 Å². The van der Waals surface area contributed by atoms with E-state index in [2.05, 4.69) is 34.6 Å². The Morgan fingerprint density at radius 2 is 2.04 bits per heavy atom. The number of piperidine rings is 1. The number of nitrogens with zero attached hydrogens (tertiary/aromatic N) is 4. The highest BCUT2D eigenvalue weighted by Crippen LogP contribution is 2.14. The minimum atomic E-state index is -0.0641. The van der Waals surface area contributed by atoms with Crippen LogP contribution in [-0.4, -0.2) is 50.9 Å². The van der Waals surface area contributed by atoms with Gasteiger partial charge in [0.05, 0.1) is 18.4 Å². The quantitative estimate of drug-likeness (QED) is 0.874. The van der Waals surface area contributed by atoms with Crippen LogP contribution in [0.15, 0.2) is 36.7 Å². The van der Waals surface area contributed by atoms with Gasteiger partial charge < -0.3 is 10.2 Å². The van der Waals surface area contributed by atoms with Crippen LogP contribution in [0, 0.1) is 0 Å². The molecule has 2 aromatic heterocycles. The molecule has 1 saturated heterocycles. The molecule has 3 rings (SSSR count). The summed E-state index contributed by atoms with van der Waals surface area (Å²) in [7, 11) is 0. The van der Waals surface area contributed by atoms with Gasteiger partial charge in [0.1, 0.15) is 5.82 Å². The molecule has 0 radical (unpaired) electrons. The molecule has 1 fully saturated rings. The molecule has 0 unspecified atom stereocenters. The van der Waals surface area contributed by atoms with Gasteiger partial charge in [0.15, 0.2) is 0 Å². The maximum absolute atomic E-state index is 12.5. The van der Waals surface area contributed by atoms with Crippen molar-refractivity contribution in [2.24, 2.45) is 0 Å². The first-order valence-electron chi connectivity index (χ1n) is 8.85. The summed E-state index contributed by atoms with van der Waals surface area (Å²) in [6.45, 7) is 6.38. The van der Waals surface area contributed by atoms with Gasteiger partial charge in [0.25, 0.3) is 0 Å². The predicted molar refractivity (Wildman–Crippen MR) is 97.5 cm³/mol. The van der Waals surface area contributed by atoms with Crippen LogP contribution in [0.25, 0.3) is 0 Å². The van der Waals surface area contributed by atoms with E-state index >= 15 is 0 Å². The number of aromatic nitrogens is 3. The Morgan fingerprint density at radius 1 is 1.24 bits per heavy atom. The van der Waals surface area contributed by atoms with Crippen molar-refractivity contribution >= 4 is 11.8 Å². The molecule has 2 aromatic rings. The second-order valence-electron chi connectivity index (χ2n) is 6.71. The highest BCUT2D eigenvalue weighted by molar-refractivity contribution is 5.88. The molecule has 2 amide bonds. The van der Waals surface area contributed by atoms with Crippen molar-refractivity contribution in [3.05, 3.63) is 42.4 Å². The lowest BCUT2D eigenvalue weighted by molar-refractivity contribution is 0.187. The maximum Gasteiger partial charge on any atom is 0.323 e. The van der Waals surface area contributed by atoms with Gasteiger partial charge in [-0.2, -0.15) is 5.10 Å². The van der Waals surface area contributed by atoms with E-state index in [-0.39, 0.29) is 6.03 Å². The van der Waals surface area contributed by atoms with Crippen LogP contribution >= 0.6 is 0 Å². The number of anilines is 1. The summed E-state index contributed by atoms with van der Waals surface area (Å²) in [6, 6.07) is 8.50. The third kappa shape index (κ3) is 4.79. The average Bonchev–Trinajstić information content (AvgIpc) is 3.02. The monoisotopic (exact) mass is 342 g/mol. The van der Waals surface area contributed by atoms with Crippen LogP contribution in [0.1, 0.15) is 32.4 Å². The molecular formula is C18H26N6O. The molecule has 0 saturated carbocycles. The number of carbonyl (C=O) groups excluding carboxylic acids is 1. The summed E-state index contributed by atoms with van der Waals surface area (Å²) in [5.41, 5.74) is 0.905. The van der Waals surface area contributed by atoms with Crippen molar-refractivity contribution in [1.29, 1.82) is 0 Å². The van der Waals surface area contributed by atoms with Crippen molar-refractivity contribution in [3.63, 3.8) is 0 Å². The minimum Gasteiger partial charge on any atom is -0.324 e. The van der Waals surface area contributed by atoms with Gasteiger partial charge in [-0.15, -0.1) is 0 Å². The predicted octanol–water partition coefficient (Wildman–Crippen LogP) is 2.32. The van der Waals surface area contributed by atoms with E-state index in [1.165, 1.54) is 0 Å². The highest BCUT2D eigenvalue weighted by atomic mass is 16.2. The largest absolute Gasteiger partial charge is 0.324 e. The van der Waals surface area contributed by atoms with Gasteiger partial charge in [-0.25, -0.2) is 9.48 Å². The number of hydrogen-bond donors (Lipinski definition) is 2. The van der Waals surface area contributed by atoms with Crippen molar-refractivity contribution in [3.8, 4) is 0 Å². The van der Waals surface area contributed by atoms with Crippen LogP contribution < -0.4 is 10.6 Å². The van der Waals surface area contributed by atoms with E-state index in [4.69, 9.17) is 0 Å². The summed E-state index contributed by atoms with van der Waals surface area (Å²) in [5, 5.41) is 10.8. The Kier molecular flexibility index (Phi) is 5.65. The Balaban J connectivity index is 1.55. The van der Waals surface area contributed by atoms with Gasteiger partial charge in [-0.3, -0.25) is 10.3 Å². The summed E-state index contributed by atoms with van der Waals surface area (Å²) in [6.07, 6.45) is 5.42. The standard InChI is InChI=1S/C18H26N6O/c1-14(2)21-15-7-11-23(12-8-15)18(25)22-17-6-10-20-24(17)13-16-5-3-4-9-19-16/h3-6,9-10,14-15,21H,7-8,11-13H2,1-2H3,(H,22,25). The van der Waals surface area contributed by atoms with E-state index in [0.717, 1.165) is 31.6 Å². The van der Waals surface area contributed by atoms with Gasteiger partial charge in [-0.1, -0.05) is 19.9 Å². The zero-order valence-electron chi connectivity index (χ0n) is 14.9. The van der Waals surface area contributed by atoms with E-state index in [0.29, 0.717) is 24.4 Å². The van der Waals surface area contributed by atoms with E-state index < -0.39 is 0 Å². The molecule has 7 heteroatoms. The number of pyridine rings is 1. The fourth-order valence-electron chi connectivity index (χ4n) is 3.12. The fraction of sp³-hybridized carbons (Fsp3) is 0.500. The fourth-order valence-corrected chi connectivity index (χ4v) is 3.12. The molecule has 0 atom stereocenters. The van der Waals surface area contributed by atoms with Crippen molar-refractivity contribution in [1.82, 2.24) is 25.0 Å². The van der Waals surface area contributed by atoms with Crippen molar-refractivity contribution < 1.29 is 4.79 Å². The lowest BCUT2D eigenvalue weighted by atomic mass is 10.0. The molecule has 0 aliphatic carbocycles. The first kappa shape index (κ1) is 17.4. The van der Waals surface area contributed by atoms with Crippen LogP contribution in [0.3, 0.4) is 0 Å². The first-order chi connectivity index (χ1) is 12.1. The average molecular weight is 342 g/mol. The van der Waals surface area contributed by atoms with Gasteiger partial charge in [0.2, 0.25) is 0 Å². The Hall–Kier alpha value is -2.41. The first-order valence-corrected chi connectivity index (χ1v) is 8.85. The zero-order valence-corrected chi connectivity index (χ0v) is 14.9. The Labute approximate surface area is 148 Å².